The first-order chi connectivity index (χ1) is 13.6. The second-order valence-electron chi connectivity index (χ2n) is 9.67. The van der Waals surface area contributed by atoms with Gasteiger partial charge in [0.2, 0.25) is 0 Å². The van der Waals surface area contributed by atoms with Crippen LogP contribution in [-0.4, -0.2) is 10.1 Å². The van der Waals surface area contributed by atoms with Crippen molar-refractivity contribution in [3.05, 3.63) is 89.1 Å². The summed E-state index contributed by atoms with van der Waals surface area (Å²) in [6.45, 7) is 12.8. The average molecular weight is 389 g/mol. The Balaban J connectivity index is 2.21. The highest BCUT2D eigenvalue weighted by molar-refractivity contribution is 5.54. The highest BCUT2D eigenvalue weighted by Gasteiger charge is 2.28. The summed E-state index contributed by atoms with van der Waals surface area (Å²) in [6, 6.07) is 20.5. The van der Waals surface area contributed by atoms with Crippen LogP contribution in [0, 0.1) is 0 Å². The molecule has 0 aliphatic rings. The molecule has 0 spiro atoms. The van der Waals surface area contributed by atoms with Crippen LogP contribution in [0.2, 0.25) is 0 Å². The topological polar surface area (TPSA) is 45.2 Å². The van der Waals surface area contributed by atoms with E-state index in [1.807, 2.05) is 24.3 Å². The minimum absolute atomic E-state index is 0.0751. The summed E-state index contributed by atoms with van der Waals surface area (Å²) in [5.74, 6) is 1.22. The molecular weight excluding hydrogens is 356 g/mol. The van der Waals surface area contributed by atoms with Crippen LogP contribution in [0.15, 0.2) is 66.9 Å². The molecule has 3 rings (SSSR count). The summed E-state index contributed by atoms with van der Waals surface area (Å²) in [6.07, 6.45) is 1.79. The van der Waals surface area contributed by atoms with Gasteiger partial charge >= 0.3 is 0 Å². The number of phenolic OH excluding ortho intramolecular Hbond substituents is 1. The Morgan fingerprint density at radius 2 is 1.31 bits per heavy atom. The maximum absolute atomic E-state index is 11.1. The van der Waals surface area contributed by atoms with E-state index >= 15 is 0 Å². The lowest BCUT2D eigenvalue weighted by Gasteiger charge is -2.30. The van der Waals surface area contributed by atoms with Crippen LogP contribution < -0.4 is 5.32 Å². The molecule has 0 unspecified atom stereocenters. The molecule has 0 radical (unpaired) electrons. The second-order valence-corrected chi connectivity index (χ2v) is 9.67. The molecule has 3 heteroatoms. The summed E-state index contributed by atoms with van der Waals surface area (Å²) in [5.41, 5.74) is 3.85. The molecule has 0 saturated heterocycles. The number of hydrogen-bond donors (Lipinski definition) is 2. The molecule has 0 fully saturated rings. The van der Waals surface area contributed by atoms with Crippen molar-refractivity contribution >= 4 is 5.82 Å². The van der Waals surface area contributed by atoms with E-state index in [9.17, 15) is 5.11 Å². The van der Waals surface area contributed by atoms with Crippen molar-refractivity contribution in [3.63, 3.8) is 0 Å². The highest BCUT2D eigenvalue weighted by Crippen LogP contribution is 2.42. The standard InChI is InChI=1S/C26H32N2O/c1-25(2,3)20-16-19(17-21(24(20)29)26(4,5)6)23(18-12-8-7-9-13-18)28-22-14-10-11-15-27-22/h7-17,23,29H,1-6H3,(H,27,28)/t23-/m1/s1. The number of nitrogens with zero attached hydrogens (tertiary/aromatic N) is 1. The first-order valence-corrected chi connectivity index (χ1v) is 10.2. The van der Waals surface area contributed by atoms with Crippen LogP contribution in [0.3, 0.4) is 0 Å². The van der Waals surface area contributed by atoms with Gasteiger partial charge in [0.15, 0.2) is 0 Å². The fourth-order valence-electron chi connectivity index (χ4n) is 3.57. The molecule has 0 aliphatic heterocycles. The predicted molar refractivity (Wildman–Crippen MR) is 122 cm³/mol. The van der Waals surface area contributed by atoms with Crippen molar-refractivity contribution in [2.45, 2.75) is 58.4 Å². The van der Waals surface area contributed by atoms with Gasteiger partial charge in [-0.3, -0.25) is 0 Å². The highest BCUT2D eigenvalue weighted by atomic mass is 16.3. The molecule has 3 aromatic rings. The van der Waals surface area contributed by atoms with Gasteiger partial charge in [-0.2, -0.15) is 0 Å². The van der Waals surface area contributed by atoms with Gasteiger partial charge in [-0.1, -0.05) is 77.9 Å². The number of anilines is 1. The van der Waals surface area contributed by atoms with Crippen molar-refractivity contribution in [1.29, 1.82) is 0 Å². The Bertz CT molecular complexity index is 916. The fourth-order valence-corrected chi connectivity index (χ4v) is 3.57. The molecule has 2 N–H and O–H groups in total. The number of aromatic nitrogens is 1. The van der Waals surface area contributed by atoms with Crippen LogP contribution >= 0.6 is 0 Å². The first-order valence-electron chi connectivity index (χ1n) is 10.2. The Morgan fingerprint density at radius 3 is 1.79 bits per heavy atom. The van der Waals surface area contributed by atoms with Gasteiger partial charge in [0, 0.05) is 6.20 Å². The molecule has 0 bridgehead atoms. The molecule has 0 aliphatic carbocycles. The molecule has 3 nitrogen and oxygen atoms in total. The lowest BCUT2D eigenvalue weighted by Crippen LogP contribution is -2.20. The van der Waals surface area contributed by atoms with Gasteiger partial charge in [0.25, 0.3) is 0 Å². The van der Waals surface area contributed by atoms with Crippen molar-refractivity contribution in [3.8, 4) is 5.75 Å². The molecule has 1 atom stereocenters. The number of hydrogen-bond acceptors (Lipinski definition) is 3. The van der Waals surface area contributed by atoms with Gasteiger partial charge in [0.1, 0.15) is 11.6 Å². The Morgan fingerprint density at radius 1 is 0.759 bits per heavy atom. The first kappa shape index (κ1) is 20.9. The van der Waals surface area contributed by atoms with Crippen molar-refractivity contribution in [2.24, 2.45) is 0 Å². The van der Waals surface area contributed by atoms with Gasteiger partial charge in [-0.05, 0) is 57.3 Å². The second kappa shape index (κ2) is 7.90. The van der Waals surface area contributed by atoms with Gasteiger partial charge in [0.05, 0.1) is 6.04 Å². The third-order valence-electron chi connectivity index (χ3n) is 5.17. The van der Waals surface area contributed by atoms with Crippen LogP contribution in [0.25, 0.3) is 0 Å². The van der Waals surface area contributed by atoms with E-state index in [0.717, 1.165) is 28.1 Å². The van der Waals surface area contributed by atoms with E-state index in [4.69, 9.17) is 0 Å². The van der Waals surface area contributed by atoms with Crippen LogP contribution in [0.5, 0.6) is 5.75 Å². The quantitative estimate of drug-likeness (QED) is 0.530. The monoisotopic (exact) mass is 388 g/mol. The Hall–Kier alpha value is -2.81. The predicted octanol–water partition coefficient (Wildman–Crippen LogP) is 6.58. The zero-order valence-corrected chi connectivity index (χ0v) is 18.3. The molecule has 1 heterocycles. The number of nitrogens with one attached hydrogen (secondary N) is 1. The number of aromatic hydroxyl groups is 1. The summed E-state index contributed by atoms with van der Waals surface area (Å²) < 4.78 is 0. The molecule has 152 valence electrons. The smallest absolute Gasteiger partial charge is 0.126 e. The number of rotatable bonds is 4. The number of phenols is 1. The number of pyridine rings is 1. The van der Waals surface area contributed by atoms with Crippen LogP contribution in [-0.2, 0) is 10.8 Å². The maximum Gasteiger partial charge on any atom is 0.126 e. The maximum atomic E-state index is 11.1. The Kier molecular flexibility index (Phi) is 5.70. The molecule has 2 aromatic carbocycles. The van der Waals surface area contributed by atoms with E-state index in [0.29, 0.717) is 5.75 Å². The van der Waals surface area contributed by atoms with Crippen molar-refractivity contribution < 1.29 is 5.11 Å². The molecule has 0 amide bonds. The van der Waals surface area contributed by atoms with Crippen LogP contribution in [0.1, 0.15) is 69.8 Å². The SMILES string of the molecule is CC(C)(C)c1cc([C@H](Nc2ccccn2)c2ccccc2)cc(C(C)(C)C)c1O. The average Bonchev–Trinajstić information content (AvgIpc) is 2.66. The summed E-state index contributed by atoms with van der Waals surface area (Å²) in [7, 11) is 0. The summed E-state index contributed by atoms with van der Waals surface area (Å²) in [5, 5.41) is 14.7. The third kappa shape index (κ3) is 4.79. The lowest BCUT2D eigenvalue weighted by molar-refractivity contribution is 0.422. The van der Waals surface area contributed by atoms with E-state index < -0.39 is 0 Å². The molecule has 29 heavy (non-hydrogen) atoms. The molecular formula is C26H32N2O. The summed E-state index contributed by atoms with van der Waals surface area (Å²) >= 11 is 0. The van der Waals surface area contributed by atoms with E-state index in [-0.39, 0.29) is 16.9 Å². The van der Waals surface area contributed by atoms with Crippen molar-refractivity contribution in [1.82, 2.24) is 4.98 Å². The van der Waals surface area contributed by atoms with Crippen molar-refractivity contribution in [2.75, 3.05) is 5.32 Å². The zero-order valence-electron chi connectivity index (χ0n) is 18.3. The molecule has 0 saturated carbocycles. The Labute approximate surface area is 174 Å². The normalized spacial score (nSPS) is 13.2. The lowest BCUT2D eigenvalue weighted by atomic mass is 9.77. The zero-order chi connectivity index (χ0) is 21.2. The van der Waals surface area contributed by atoms with Gasteiger partial charge in [-0.25, -0.2) is 4.98 Å². The minimum Gasteiger partial charge on any atom is -0.507 e. The van der Waals surface area contributed by atoms with E-state index in [2.05, 4.69) is 88.2 Å². The van der Waals surface area contributed by atoms with E-state index in [1.165, 1.54) is 0 Å². The fraction of sp³-hybridized carbons (Fsp3) is 0.346. The third-order valence-corrected chi connectivity index (χ3v) is 5.17. The van der Waals surface area contributed by atoms with Crippen LogP contribution in [0.4, 0.5) is 5.82 Å². The number of benzene rings is 2. The van der Waals surface area contributed by atoms with E-state index in [1.54, 1.807) is 6.20 Å². The largest absolute Gasteiger partial charge is 0.507 e. The minimum atomic E-state index is -0.174. The van der Waals surface area contributed by atoms with Gasteiger partial charge < -0.3 is 10.4 Å². The molecule has 1 aromatic heterocycles. The van der Waals surface area contributed by atoms with Gasteiger partial charge in [-0.15, -0.1) is 0 Å². The summed E-state index contributed by atoms with van der Waals surface area (Å²) in [4.78, 5) is 4.47.